The molecule has 0 saturated carbocycles. The van der Waals surface area contributed by atoms with Crippen LogP contribution in [0.3, 0.4) is 0 Å². The van der Waals surface area contributed by atoms with Gasteiger partial charge >= 0.3 is 6.18 Å². The molecule has 1 amide bonds. The number of hydrogen-bond donors (Lipinski definition) is 1. The normalized spacial score (nSPS) is 11.2. The summed E-state index contributed by atoms with van der Waals surface area (Å²) < 4.78 is 35.7. The summed E-state index contributed by atoms with van der Waals surface area (Å²) in [6.07, 6.45) is -4.58. The van der Waals surface area contributed by atoms with Crippen LogP contribution in [0.1, 0.15) is 10.4 Å². The zero-order valence-electron chi connectivity index (χ0n) is 9.03. The van der Waals surface area contributed by atoms with E-state index in [0.717, 1.165) is 6.07 Å². The lowest BCUT2D eigenvalue weighted by atomic mass is 10.2. The Balaban J connectivity index is 2.76. The first-order chi connectivity index (χ1) is 8.70. The lowest BCUT2D eigenvalue weighted by Gasteiger charge is -2.09. The van der Waals surface area contributed by atoms with Gasteiger partial charge in [0.15, 0.2) is 6.61 Å². The van der Waals surface area contributed by atoms with Crippen molar-refractivity contribution in [2.75, 3.05) is 6.61 Å². The third-order valence-electron chi connectivity index (χ3n) is 1.81. The third kappa shape index (κ3) is 4.98. The Kier molecular flexibility index (Phi) is 5.05. The van der Waals surface area contributed by atoms with Gasteiger partial charge in [-0.1, -0.05) is 0 Å². The van der Waals surface area contributed by atoms with Crippen molar-refractivity contribution in [3.63, 3.8) is 0 Å². The van der Waals surface area contributed by atoms with E-state index in [0.29, 0.717) is 3.57 Å². The van der Waals surface area contributed by atoms with Crippen LogP contribution in [0.2, 0.25) is 0 Å². The van der Waals surface area contributed by atoms with E-state index in [-0.39, 0.29) is 11.3 Å². The Bertz CT molecular complexity index is 507. The highest BCUT2D eigenvalue weighted by Gasteiger charge is 2.28. The van der Waals surface area contributed by atoms with Gasteiger partial charge < -0.3 is 0 Å². The Labute approximate surface area is 118 Å². The van der Waals surface area contributed by atoms with Gasteiger partial charge in [-0.2, -0.15) is 13.2 Å². The maximum absolute atomic E-state index is 11.8. The second-order valence-electron chi connectivity index (χ2n) is 3.26. The quantitative estimate of drug-likeness (QED) is 0.487. The first-order valence-electron chi connectivity index (χ1n) is 4.63. The average molecular weight is 390 g/mol. The molecule has 0 spiro atoms. The summed E-state index contributed by atoms with van der Waals surface area (Å²) in [6, 6.07) is 3.43. The Morgan fingerprint density at radius 2 is 2.11 bits per heavy atom. The molecule has 0 saturated heterocycles. The van der Waals surface area contributed by atoms with Crippen LogP contribution in [0.25, 0.3) is 0 Å². The zero-order valence-corrected chi connectivity index (χ0v) is 11.2. The number of hydroxylamine groups is 1. The van der Waals surface area contributed by atoms with Gasteiger partial charge in [0, 0.05) is 15.7 Å². The van der Waals surface area contributed by atoms with Crippen molar-refractivity contribution in [1.82, 2.24) is 5.48 Å². The standard InChI is InChI=1S/C9H6F3IN2O4/c10-9(11,12)4-19-14-8(16)6-3-5(15(17)18)1-2-7(6)13/h1-3H,4H2,(H,14,16). The van der Waals surface area contributed by atoms with Crippen LogP contribution in [0, 0.1) is 13.7 Å². The van der Waals surface area contributed by atoms with Crippen molar-refractivity contribution >= 4 is 34.2 Å². The highest BCUT2D eigenvalue weighted by atomic mass is 127. The van der Waals surface area contributed by atoms with E-state index >= 15 is 0 Å². The molecular weight excluding hydrogens is 384 g/mol. The van der Waals surface area contributed by atoms with E-state index in [2.05, 4.69) is 4.84 Å². The Morgan fingerprint density at radius 1 is 1.47 bits per heavy atom. The summed E-state index contributed by atoms with van der Waals surface area (Å²) in [5.41, 5.74) is 1.09. The number of benzene rings is 1. The molecule has 1 rings (SSSR count). The highest BCUT2D eigenvalue weighted by molar-refractivity contribution is 14.1. The van der Waals surface area contributed by atoms with Crippen LogP contribution in [0.4, 0.5) is 18.9 Å². The van der Waals surface area contributed by atoms with Crippen molar-refractivity contribution in [3.8, 4) is 0 Å². The molecule has 0 radical (unpaired) electrons. The molecule has 0 aliphatic rings. The molecule has 0 aliphatic heterocycles. The number of nitrogens with one attached hydrogen (secondary N) is 1. The van der Waals surface area contributed by atoms with Gasteiger partial charge in [-0.25, -0.2) is 5.48 Å². The van der Waals surface area contributed by atoms with Crippen LogP contribution < -0.4 is 5.48 Å². The van der Waals surface area contributed by atoms with Crippen molar-refractivity contribution in [2.24, 2.45) is 0 Å². The minimum atomic E-state index is -4.58. The number of alkyl halides is 3. The fourth-order valence-electron chi connectivity index (χ4n) is 1.04. The number of nitro benzene ring substituents is 1. The van der Waals surface area contributed by atoms with Crippen molar-refractivity contribution < 1.29 is 27.7 Å². The third-order valence-corrected chi connectivity index (χ3v) is 2.75. The minimum absolute atomic E-state index is 0.142. The molecule has 10 heteroatoms. The average Bonchev–Trinajstić information content (AvgIpc) is 2.27. The Morgan fingerprint density at radius 3 is 2.63 bits per heavy atom. The van der Waals surface area contributed by atoms with E-state index < -0.39 is 23.6 Å². The second kappa shape index (κ2) is 6.14. The molecule has 19 heavy (non-hydrogen) atoms. The monoisotopic (exact) mass is 390 g/mol. The minimum Gasteiger partial charge on any atom is -0.267 e. The number of carbonyl (C=O) groups excluding carboxylic acids is 1. The van der Waals surface area contributed by atoms with Gasteiger partial charge in [-0.15, -0.1) is 0 Å². The number of amides is 1. The van der Waals surface area contributed by atoms with Crippen molar-refractivity contribution in [2.45, 2.75) is 6.18 Å². The predicted molar refractivity (Wildman–Crippen MR) is 65.3 cm³/mol. The smallest absolute Gasteiger partial charge is 0.267 e. The SMILES string of the molecule is O=C(NOCC(F)(F)F)c1cc([N+](=O)[O-])ccc1I. The molecule has 6 nitrogen and oxygen atoms in total. The molecule has 0 aliphatic carbocycles. The first-order valence-corrected chi connectivity index (χ1v) is 5.71. The summed E-state index contributed by atoms with van der Waals surface area (Å²) in [5, 5.41) is 10.5. The van der Waals surface area contributed by atoms with Crippen LogP contribution in [-0.2, 0) is 4.84 Å². The summed E-state index contributed by atoms with van der Waals surface area (Å²) >= 11 is 1.72. The molecule has 0 aromatic heterocycles. The summed E-state index contributed by atoms with van der Waals surface area (Å²) in [7, 11) is 0. The molecule has 0 bridgehead atoms. The Hall–Kier alpha value is -1.43. The largest absolute Gasteiger partial charge is 0.414 e. The number of halogens is 4. The van der Waals surface area contributed by atoms with Crippen LogP contribution in [0.5, 0.6) is 0 Å². The maximum atomic E-state index is 11.8. The molecule has 1 N–H and O–H groups in total. The molecule has 0 unspecified atom stereocenters. The predicted octanol–water partition coefficient (Wildman–Crippen LogP) is 2.42. The fourth-order valence-corrected chi connectivity index (χ4v) is 1.62. The molecule has 1 aromatic rings. The number of carbonyl (C=O) groups is 1. The fraction of sp³-hybridized carbons (Fsp3) is 0.222. The number of nitrogens with zero attached hydrogens (tertiary/aromatic N) is 1. The zero-order chi connectivity index (χ0) is 14.6. The van der Waals surface area contributed by atoms with E-state index in [1.807, 2.05) is 0 Å². The van der Waals surface area contributed by atoms with Gasteiger partial charge in [0.25, 0.3) is 11.6 Å². The first kappa shape index (κ1) is 15.6. The molecule has 104 valence electrons. The van der Waals surface area contributed by atoms with Crippen LogP contribution in [-0.4, -0.2) is 23.6 Å². The van der Waals surface area contributed by atoms with Gasteiger partial charge in [0.05, 0.1) is 10.5 Å². The number of hydrogen-bond acceptors (Lipinski definition) is 4. The van der Waals surface area contributed by atoms with Crippen molar-refractivity contribution in [3.05, 3.63) is 37.4 Å². The van der Waals surface area contributed by atoms with Gasteiger partial charge in [0.2, 0.25) is 0 Å². The van der Waals surface area contributed by atoms with E-state index in [9.17, 15) is 28.1 Å². The van der Waals surface area contributed by atoms with Crippen LogP contribution in [0.15, 0.2) is 18.2 Å². The summed E-state index contributed by atoms with van der Waals surface area (Å²) in [6.45, 7) is -1.65. The van der Waals surface area contributed by atoms with E-state index in [1.165, 1.54) is 12.1 Å². The van der Waals surface area contributed by atoms with Crippen LogP contribution >= 0.6 is 22.6 Å². The molecular formula is C9H6F3IN2O4. The van der Waals surface area contributed by atoms with E-state index in [4.69, 9.17) is 0 Å². The van der Waals surface area contributed by atoms with Gasteiger partial charge in [-0.3, -0.25) is 19.7 Å². The van der Waals surface area contributed by atoms with Gasteiger partial charge in [0.1, 0.15) is 0 Å². The summed E-state index contributed by atoms with van der Waals surface area (Å²) in [4.78, 5) is 25.3. The van der Waals surface area contributed by atoms with E-state index in [1.54, 1.807) is 28.1 Å². The molecule has 0 heterocycles. The lowest BCUT2D eigenvalue weighted by Crippen LogP contribution is -2.30. The lowest BCUT2D eigenvalue weighted by molar-refractivity contribution is -0.384. The topological polar surface area (TPSA) is 81.5 Å². The number of nitro groups is 1. The van der Waals surface area contributed by atoms with Crippen molar-refractivity contribution in [1.29, 1.82) is 0 Å². The number of non-ortho nitro benzene ring substituents is 1. The summed E-state index contributed by atoms with van der Waals surface area (Å²) in [5.74, 6) is -0.989. The second-order valence-corrected chi connectivity index (χ2v) is 4.42. The molecule has 0 fully saturated rings. The van der Waals surface area contributed by atoms with Gasteiger partial charge in [-0.05, 0) is 28.7 Å². The molecule has 0 atom stereocenters. The maximum Gasteiger partial charge on any atom is 0.414 e. The number of rotatable bonds is 4. The molecule has 1 aromatic carbocycles. The highest BCUT2D eigenvalue weighted by Crippen LogP contribution is 2.19.